The van der Waals surface area contributed by atoms with E-state index in [1.807, 2.05) is 24.3 Å². The lowest BCUT2D eigenvalue weighted by atomic mass is 10.2. The Kier molecular flexibility index (Phi) is 6.46. The first-order valence-corrected chi connectivity index (χ1v) is 8.54. The first kappa shape index (κ1) is 17.3. The highest BCUT2D eigenvalue weighted by atomic mass is 32.2. The first-order valence-electron chi connectivity index (χ1n) is 7.55. The highest BCUT2D eigenvalue weighted by molar-refractivity contribution is 8.14. The average molecular weight is 336 g/mol. The molecule has 1 aliphatic heterocycles. The molecule has 7 heteroatoms. The van der Waals surface area contributed by atoms with Gasteiger partial charge in [-0.2, -0.15) is 0 Å². The molecule has 3 amide bonds. The van der Waals surface area contributed by atoms with Crippen LogP contribution in [0.15, 0.2) is 24.3 Å². The van der Waals surface area contributed by atoms with Gasteiger partial charge in [0, 0.05) is 13.1 Å². The Morgan fingerprint density at radius 1 is 1.30 bits per heavy atom. The Labute approximate surface area is 139 Å². The predicted molar refractivity (Wildman–Crippen MR) is 88.5 cm³/mol. The van der Waals surface area contributed by atoms with Gasteiger partial charge < -0.3 is 10.1 Å². The third kappa shape index (κ3) is 5.28. The van der Waals surface area contributed by atoms with E-state index in [1.165, 1.54) is 5.56 Å². The van der Waals surface area contributed by atoms with Crippen molar-refractivity contribution in [1.82, 2.24) is 10.2 Å². The van der Waals surface area contributed by atoms with Crippen molar-refractivity contribution >= 4 is 28.8 Å². The van der Waals surface area contributed by atoms with E-state index >= 15 is 0 Å². The molecule has 0 spiro atoms. The summed E-state index contributed by atoms with van der Waals surface area (Å²) in [5.41, 5.74) is 1.24. The number of ether oxygens (including phenoxy) is 1. The van der Waals surface area contributed by atoms with Crippen LogP contribution in [-0.2, 0) is 16.0 Å². The van der Waals surface area contributed by atoms with E-state index in [1.54, 1.807) is 0 Å². The fourth-order valence-electron chi connectivity index (χ4n) is 2.08. The van der Waals surface area contributed by atoms with Gasteiger partial charge in [-0.1, -0.05) is 30.8 Å². The highest BCUT2D eigenvalue weighted by Gasteiger charge is 2.29. The minimum absolute atomic E-state index is 0.165. The minimum Gasteiger partial charge on any atom is -0.493 e. The van der Waals surface area contributed by atoms with Crippen molar-refractivity contribution in [2.75, 3.05) is 25.4 Å². The molecule has 0 unspecified atom stereocenters. The van der Waals surface area contributed by atoms with Gasteiger partial charge in [-0.15, -0.1) is 0 Å². The van der Waals surface area contributed by atoms with Crippen LogP contribution in [0.3, 0.4) is 0 Å². The van der Waals surface area contributed by atoms with Crippen LogP contribution < -0.4 is 10.1 Å². The summed E-state index contributed by atoms with van der Waals surface area (Å²) in [5.74, 6) is 0.563. The molecular formula is C16H20N2O4S. The monoisotopic (exact) mass is 336 g/mol. The first-order chi connectivity index (χ1) is 11.1. The van der Waals surface area contributed by atoms with Gasteiger partial charge in [0.25, 0.3) is 5.24 Å². The topological polar surface area (TPSA) is 75.7 Å². The summed E-state index contributed by atoms with van der Waals surface area (Å²) in [6.07, 6.45) is 1.20. The molecule has 1 aromatic rings. The quantitative estimate of drug-likeness (QED) is 0.784. The largest absolute Gasteiger partial charge is 0.493 e. The second-order valence-corrected chi connectivity index (χ2v) is 5.97. The molecule has 2 rings (SSSR count). The molecule has 1 aromatic carbocycles. The number of rotatable bonds is 8. The zero-order valence-electron chi connectivity index (χ0n) is 13.0. The molecular weight excluding hydrogens is 316 g/mol. The van der Waals surface area contributed by atoms with Crippen LogP contribution in [0.25, 0.3) is 0 Å². The molecule has 0 radical (unpaired) electrons. The second-order valence-electron chi connectivity index (χ2n) is 5.05. The van der Waals surface area contributed by atoms with Gasteiger partial charge in [-0.3, -0.25) is 19.3 Å². The number of thioether (sulfide) groups is 1. The maximum absolute atomic E-state index is 11.7. The van der Waals surface area contributed by atoms with E-state index in [4.69, 9.17) is 4.74 Å². The smallest absolute Gasteiger partial charge is 0.288 e. The third-order valence-corrected chi connectivity index (χ3v) is 4.29. The molecule has 23 heavy (non-hydrogen) atoms. The van der Waals surface area contributed by atoms with Crippen molar-refractivity contribution in [2.24, 2.45) is 0 Å². The SMILES string of the molecule is CCc1ccc(OCCC(=O)NCCN2C(=O)CSC2=O)cc1. The van der Waals surface area contributed by atoms with E-state index in [0.717, 1.165) is 28.8 Å². The molecule has 1 heterocycles. The Morgan fingerprint density at radius 3 is 2.65 bits per heavy atom. The molecule has 1 saturated heterocycles. The Morgan fingerprint density at radius 2 is 2.04 bits per heavy atom. The maximum atomic E-state index is 11.7. The van der Waals surface area contributed by atoms with Crippen LogP contribution in [-0.4, -0.2) is 47.4 Å². The number of carbonyl (C=O) groups is 3. The van der Waals surface area contributed by atoms with Crippen molar-refractivity contribution in [1.29, 1.82) is 0 Å². The number of nitrogens with one attached hydrogen (secondary N) is 1. The number of aryl methyl sites for hydroxylation is 1. The van der Waals surface area contributed by atoms with Crippen molar-refractivity contribution in [3.05, 3.63) is 29.8 Å². The van der Waals surface area contributed by atoms with Gasteiger partial charge in [0.1, 0.15) is 5.75 Å². The molecule has 6 nitrogen and oxygen atoms in total. The number of imide groups is 1. The number of nitrogens with zero attached hydrogens (tertiary/aromatic N) is 1. The summed E-state index contributed by atoms with van der Waals surface area (Å²) < 4.78 is 5.51. The third-order valence-electron chi connectivity index (χ3n) is 3.43. The van der Waals surface area contributed by atoms with Crippen LogP contribution in [0.2, 0.25) is 0 Å². The van der Waals surface area contributed by atoms with Gasteiger partial charge in [-0.25, -0.2) is 0 Å². The van der Waals surface area contributed by atoms with E-state index in [-0.39, 0.29) is 48.9 Å². The summed E-state index contributed by atoms with van der Waals surface area (Å²) >= 11 is 0.991. The molecule has 1 fully saturated rings. The summed E-state index contributed by atoms with van der Waals surface area (Å²) in [6.45, 7) is 2.86. The van der Waals surface area contributed by atoms with Gasteiger partial charge >= 0.3 is 0 Å². The molecule has 124 valence electrons. The van der Waals surface area contributed by atoms with Crippen molar-refractivity contribution in [3.63, 3.8) is 0 Å². The fraction of sp³-hybridized carbons (Fsp3) is 0.438. The second kappa shape index (κ2) is 8.57. The maximum Gasteiger partial charge on any atom is 0.288 e. The lowest BCUT2D eigenvalue weighted by Gasteiger charge is -2.13. The summed E-state index contributed by atoms with van der Waals surface area (Å²) in [5, 5.41) is 2.43. The standard InChI is InChI=1S/C16H20N2O4S/c1-2-12-3-5-13(6-4-12)22-10-7-14(19)17-8-9-18-15(20)11-23-16(18)21/h3-6H,2,7-11H2,1H3,(H,17,19). The number of amides is 3. The Bertz CT molecular complexity index is 558. The number of benzene rings is 1. The van der Waals surface area contributed by atoms with Crippen LogP contribution >= 0.6 is 11.8 Å². The number of hydrogen-bond donors (Lipinski definition) is 1. The molecule has 0 atom stereocenters. The number of hydrogen-bond acceptors (Lipinski definition) is 5. The normalized spacial score (nSPS) is 14.2. The van der Waals surface area contributed by atoms with E-state index < -0.39 is 0 Å². The van der Waals surface area contributed by atoms with Crippen molar-refractivity contribution < 1.29 is 19.1 Å². The zero-order chi connectivity index (χ0) is 16.7. The van der Waals surface area contributed by atoms with Gasteiger partial charge in [-0.05, 0) is 24.1 Å². The Balaban J connectivity index is 1.61. The van der Waals surface area contributed by atoms with Crippen LogP contribution in [0, 0.1) is 0 Å². The minimum atomic E-state index is -0.247. The Hall–Kier alpha value is -2.02. The van der Waals surface area contributed by atoms with Crippen LogP contribution in [0.1, 0.15) is 18.9 Å². The fourth-order valence-corrected chi connectivity index (χ4v) is 2.83. The van der Waals surface area contributed by atoms with Crippen molar-refractivity contribution in [3.8, 4) is 5.75 Å². The summed E-state index contributed by atoms with van der Waals surface area (Å²) in [4.78, 5) is 35.6. The van der Waals surface area contributed by atoms with Gasteiger partial charge in [0.2, 0.25) is 11.8 Å². The van der Waals surface area contributed by atoms with Crippen LogP contribution in [0.4, 0.5) is 4.79 Å². The average Bonchev–Trinajstić information content (AvgIpc) is 2.87. The lowest BCUT2D eigenvalue weighted by Crippen LogP contribution is -2.37. The number of carbonyl (C=O) groups excluding carboxylic acids is 3. The summed E-state index contributed by atoms with van der Waals surface area (Å²) in [6, 6.07) is 7.77. The molecule has 0 bridgehead atoms. The summed E-state index contributed by atoms with van der Waals surface area (Å²) in [7, 11) is 0. The van der Waals surface area contributed by atoms with Crippen LogP contribution in [0.5, 0.6) is 5.75 Å². The van der Waals surface area contributed by atoms with E-state index in [0.29, 0.717) is 0 Å². The predicted octanol–water partition coefficient (Wildman–Crippen LogP) is 1.83. The molecule has 0 saturated carbocycles. The zero-order valence-corrected chi connectivity index (χ0v) is 13.9. The highest BCUT2D eigenvalue weighted by Crippen LogP contribution is 2.17. The molecule has 0 aliphatic carbocycles. The lowest BCUT2D eigenvalue weighted by molar-refractivity contribution is -0.125. The van der Waals surface area contributed by atoms with E-state index in [9.17, 15) is 14.4 Å². The molecule has 1 N–H and O–H groups in total. The van der Waals surface area contributed by atoms with E-state index in [2.05, 4.69) is 12.2 Å². The van der Waals surface area contributed by atoms with Crippen molar-refractivity contribution in [2.45, 2.75) is 19.8 Å². The van der Waals surface area contributed by atoms with Gasteiger partial charge in [0.05, 0.1) is 18.8 Å². The van der Waals surface area contributed by atoms with Gasteiger partial charge in [0.15, 0.2) is 0 Å². The molecule has 1 aliphatic rings. The molecule has 0 aromatic heterocycles.